The van der Waals surface area contributed by atoms with E-state index in [4.69, 9.17) is 5.73 Å². The molecular formula is C15H10F2IN3. The van der Waals surface area contributed by atoms with Crippen molar-refractivity contribution in [3.05, 3.63) is 57.7 Å². The summed E-state index contributed by atoms with van der Waals surface area (Å²) in [6.07, 6.45) is 0. The molecule has 0 amide bonds. The Balaban J connectivity index is 2.22. The van der Waals surface area contributed by atoms with Gasteiger partial charge in [-0.25, -0.2) is 8.78 Å². The van der Waals surface area contributed by atoms with Crippen LogP contribution in [0.1, 0.15) is 0 Å². The number of nitrogen functional groups attached to an aromatic ring is 1. The largest absolute Gasteiger partial charge is 0.382 e. The van der Waals surface area contributed by atoms with E-state index in [0.29, 0.717) is 11.3 Å². The topological polar surface area (TPSA) is 54.7 Å². The predicted molar refractivity (Wildman–Crippen MR) is 86.5 cm³/mol. The molecule has 0 saturated heterocycles. The lowest BCUT2D eigenvalue weighted by Crippen LogP contribution is -1.92. The zero-order valence-corrected chi connectivity index (χ0v) is 12.9. The minimum Gasteiger partial charge on any atom is -0.382 e. The second kappa shape index (κ2) is 5.44. The van der Waals surface area contributed by atoms with E-state index < -0.39 is 11.6 Å². The fourth-order valence-electron chi connectivity index (χ4n) is 2.17. The zero-order chi connectivity index (χ0) is 15.0. The van der Waals surface area contributed by atoms with Crippen LogP contribution in [-0.2, 0) is 0 Å². The molecule has 6 heteroatoms. The lowest BCUT2D eigenvalue weighted by Gasteiger charge is -2.06. The number of H-pyrrole nitrogens is 1. The van der Waals surface area contributed by atoms with Gasteiger partial charge in [0.2, 0.25) is 0 Å². The number of halogens is 3. The summed E-state index contributed by atoms with van der Waals surface area (Å²) in [6.45, 7) is 0. The van der Waals surface area contributed by atoms with E-state index >= 15 is 0 Å². The van der Waals surface area contributed by atoms with Crippen molar-refractivity contribution in [3.63, 3.8) is 0 Å². The van der Waals surface area contributed by atoms with Crippen LogP contribution >= 0.6 is 22.6 Å². The van der Waals surface area contributed by atoms with E-state index in [1.54, 1.807) is 0 Å². The van der Waals surface area contributed by atoms with Crippen LogP contribution in [0.5, 0.6) is 0 Å². The summed E-state index contributed by atoms with van der Waals surface area (Å²) in [4.78, 5) is 0. The molecule has 3 nitrogen and oxygen atoms in total. The van der Waals surface area contributed by atoms with Gasteiger partial charge in [-0.1, -0.05) is 12.1 Å². The van der Waals surface area contributed by atoms with E-state index in [1.807, 2.05) is 24.3 Å². The second-order valence-electron chi connectivity index (χ2n) is 4.49. The van der Waals surface area contributed by atoms with Crippen molar-refractivity contribution in [1.29, 1.82) is 0 Å². The fourth-order valence-corrected chi connectivity index (χ4v) is 2.72. The first-order valence-corrected chi connectivity index (χ1v) is 7.19. The van der Waals surface area contributed by atoms with Crippen LogP contribution in [0.3, 0.4) is 0 Å². The molecule has 21 heavy (non-hydrogen) atoms. The van der Waals surface area contributed by atoms with Gasteiger partial charge >= 0.3 is 0 Å². The van der Waals surface area contributed by atoms with Gasteiger partial charge < -0.3 is 5.73 Å². The number of aromatic nitrogens is 2. The lowest BCUT2D eigenvalue weighted by molar-refractivity contribution is 0.585. The standard InChI is InChI=1S/C15H10F2IN3/c16-9-4-5-11(12(17)7-9)13-14(20-21-15(13)19)8-2-1-3-10(18)6-8/h1-7H,(H3,19,20,21). The summed E-state index contributed by atoms with van der Waals surface area (Å²) in [5.41, 5.74) is 7.96. The van der Waals surface area contributed by atoms with Crippen molar-refractivity contribution in [2.24, 2.45) is 0 Å². The maximum absolute atomic E-state index is 14.0. The highest BCUT2D eigenvalue weighted by Gasteiger charge is 2.18. The number of anilines is 1. The van der Waals surface area contributed by atoms with E-state index in [1.165, 1.54) is 12.1 Å². The molecule has 0 spiro atoms. The van der Waals surface area contributed by atoms with Crippen LogP contribution in [0.25, 0.3) is 22.4 Å². The summed E-state index contributed by atoms with van der Waals surface area (Å²) in [6, 6.07) is 11.0. The third-order valence-electron chi connectivity index (χ3n) is 3.11. The van der Waals surface area contributed by atoms with Crippen LogP contribution < -0.4 is 5.73 Å². The highest BCUT2D eigenvalue weighted by Crippen LogP contribution is 2.36. The summed E-state index contributed by atoms with van der Waals surface area (Å²) in [5, 5.41) is 6.77. The summed E-state index contributed by atoms with van der Waals surface area (Å²) in [7, 11) is 0. The Hall–Kier alpha value is -1.96. The number of nitrogens with one attached hydrogen (secondary N) is 1. The number of nitrogens with two attached hydrogens (primary N) is 1. The Morgan fingerprint density at radius 2 is 1.90 bits per heavy atom. The van der Waals surface area contributed by atoms with Gasteiger partial charge in [0.15, 0.2) is 5.82 Å². The average molecular weight is 397 g/mol. The molecule has 3 rings (SSSR count). The number of aromatic amines is 1. The number of hydrogen-bond acceptors (Lipinski definition) is 2. The molecule has 0 bridgehead atoms. The van der Waals surface area contributed by atoms with E-state index in [-0.39, 0.29) is 11.4 Å². The molecule has 3 aromatic rings. The maximum atomic E-state index is 14.0. The molecule has 0 aliphatic carbocycles. The Kier molecular flexibility index (Phi) is 3.62. The molecule has 0 radical (unpaired) electrons. The minimum absolute atomic E-state index is 0.175. The average Bonchev–Trinajstić information content (AvgIpc) is 2.81. The molecule has 0 unspecified atom stereocenters. The molecule has 0 saturated carbocycles. The monoisotopic (exact) mass is 397 g/mol. The Morgan fingerprint density at radius 1 is 1.10 bits per heavy atom. The van der Waals surface area contributed by atoms with Gasteiger partial charge in [-0.15, -0.1) is 0 Å². The van der Waals surface area contributed by atoms with Gasteiger partial charge in [0, 0.05) is 20.8 Å². The van der Waals surface area contributed by atoms with Gasteiger partial charge in [0.25, 0.3) is 0 Å². The molecule has 106 valence electrons. The molecule has 1 heterocycles. The lowest BCUT2D eigenvalue weighted by atomic mass is 10.0. The maximum Gasteiger partial charge on any atom is 0.153 e. The minimum atomic E-state index is -0.671. The van der Waals surface area contributed by atoms with Crippen LogP contribution in [0.15, 0.2) is 42.5 Å². The first kappa shape index (κ1) is 14.0. The van der Waals surface area contributed by atoms with Gasteiger partial charge in [-0.05, 0) is 46.9 Å². The summed E-state index contributed by atoms with van der Waals surface area (Å²) < 4.78 is 28.1. The second-order valence-corrected chi connectivity index (χ2v) is 5.74. The fraction of sp³-hybridized carbons (Fsp3) is 0. The van der Waals surface area contributed by atoms with Crippen molar-refractivity contribution < 1.29 is 8.78 Å². The summed E-state index contributed by atoms with van der Waals surface area (Å²) in [5.74, 6) is -1.13. The number of rotatable bonds is 2. The smallest absolute Gasteiger partial charge is 0.153 e. The molecule has 0 aliphatic rings. The van der Waals surface area contributed by atoms with Crippen molar-refractivity contribution >= 4 is 28.4 Å². The van der Waals surface area contributed by atoms with E-state index in [2.05, 4.69) is 32.8 Å². The van der Waals surface area contributed by atoms with Crippen molar-refractivity contribution in [1.82, 2.24) is 10.2 Å². The Labute approximate surface area is 133 Å². The zero-order valence-electron chi connectivity index (χ0n) is 10.7. The van der Waals surface area contributed by atoms with Gasteiger partial charge in [-0.3, -0.25) is 5.10 Å². The van der Waals surface area contributed by atoms with Gasteiger partial charge in [0.1, 0.15) is 11.6 Å². The molecular weight excluding hydrogens is 387 g/mol. The molecule has 1 aromatic heterocycles. The predicted octanol–water partition coefficient (Wildman–Crippen LogP) is 4.21. The quantitative estimate of drug-likeness (QED) is 0.637. The third-order valence-corrected chi connectivity index (χ3v) is 3.78. The highest BCUT2D eigenvalue weighted by molar-refractivity contribution is 14.1. The molecule has 0 aliphatic heterocycles. The highest BCUT2D eigenvalue weighted by atomic mass is 127. The van der Waals surface area contributed by atoms with Crippen molar-refractivity contribution in [2.75, 3.05) is 5.73 Å². The first-order chi connectivity index (χ1) is 10.1. The van der Waals surface area contributed by atoms with Crippen molar-refractivity contribution in [2.45, 2.75) is 0 Å². The van der Waals surface area contributed by atoms with Crippen molar-refractivity contribution in [3.8, 4) is 22.4 Å². The summed E-state index contributed by atoms with van der Waals surface area (Å²) >= 11 is 2.19. The van der Waals surface area contributed by atoms with Gasteiger partial charge in [0.05, 0.1) is 11.3 Å². The van der Waals surface area contributed by atoms with E-state index in [0.717, 1.165) is 15.2 Å². The first-order valence-electron chi connectivity index (χ1n) is 6.11. The molecule has 2 aromatic carbocycles. The number of hydrogen-bond donors (Lipinski definition) is 2. The Morgan fingerprint density at radius 3 is 2.62 bits per heavy atom. The number of benzene rings is 2. The molecule has 0 atom stereocenters. The van der Waals surface area contributed by atoms with Gasteiger partial charge in [-0.2, -0.15) is 5.10 Å². The van der Waals surface area contributed by atoms with Crippen LogP contribution in [0.4, 0.5) is 14.6 Å². The SMILES string of the molecule is Nc1n[nH]c(-c2cccc(I)c2)c1-c1ccc(F)cc1F. The number of nitrogens with zero attached hydrogens (tertiary/aromatic N) is 1. The van der Waals surface area contributed by atoms with E-state index in [9.17, 15) is 8.78 Å². The normalized spacial score (nSPS) is 10.8. The van der Waals surface area contributed by atoms with Crippen LogP contribution in [-0.4, -0.2) is 10.2 Å². The Bertz CT molecular complexity index is 814. The van der Waals surface area contributed by atoms with Crippen LogP contribution in [0, 0.1) is 15.2 Å². The third kappa shape index (κ3) is 2.63. The molecule has 0 fully saturated rings. The van der Waals surface area contributed by atoms with Crippen LogP contribution in [0.2, 0.25) is 0 Å². The molecule has 3 N–H and O–H groups in total.